The van der Waals surface area contributed by atoms with Crippen molar-refractivity contribution in [2.45, 2.75) is 27.7 Å². The van der Waals surface area contributed by atoms with Gasteiger partial charge >= 0.3 is 5.97 Å². The van der Waals surface area contributed by atoms with Crippen LogP contribution in [0.5, 0.6) is 0 Å². The Morgan fingerprint density at radius 2 is 1.72 bits per heavy atom. The first-order chi connectivity index (χ1) is 11.5. The van der Waals surface area contributed by atoms with Crippen LogP contribution in [0.1, 0.15) is 38.1 Å². The van der Waals surface area contributed by atoms with Crippen molar-refractivity contribution in [3.05, 3.63) is 29.8 Å². The third-order valence-electron chi connectivity index (χ3n) is 3.35. The van der Waals surface area contributed by atoms with Crippen molar-refractivity contribution < 1.29 is 22.7 Å². The molecule has 25 heavy (non-hydrogen) atoms. The fourth-order valence-electron chi connectivity index (χ4n) is 2.00. The van der Waals surface area contributed by atoms with Gasteiger partial charge in [-0.15, -0.1) is 0 Å². The first-order valence-electron chi connectivity index (χ1n) is 8.00. The first-order valence-corrected chi connectivity index (χ1v) is 9.85. The molecule has 1 aromatic carbocycles. The number of hydrogen-bond acceptors (Lipinski definition) is 5. The number of carbonyl (C=O) groups is 2. The average molecular weight is 370 g/mol. The third kappa shape index (κ3) is 6.38. The van der Waals surface area contributed by atoms with Gasteiger partial charge in [-0.2, -0.15) is 0 Å². The molecule has 0 aliphatic heterocycles. The van der Waals surface area contributed by atoms with Gasteiger partial charge in [0.25, 0.3) is 0 Å². The molecule has 0 atom stereocenters. The maximum absolute atomic E-state index is 12.0. The van der Waals surface area contributed by atoms with Gasteiger partial charge in [-0.1, -0.05) is 20.8 Å². The van der Waals surface area contributed by atoms with Crippen LogP contribution in [-0.4, -0.2) is 46.2 Å². The Balaban J connectivity index is 2.87. The average Bonchev–Trinajstić information content (AvgIpc) is 2.49. The molecule has 1 amide bonds. The van der Waals surface area contributed by atoms with Gasteiger partial charge in [-0.05, 0) is 31.2 Å². The van der Waals surface area contributed by atoms with Gasteiger partial charge < -0.3 is 10.1 Å². The van der Waals surface area contributed by atoms with Crippen LogP contribution in [0.15, 0.2) is 24.3 Å². The summed E-state index contributed by atoms with van der Waals surface area (Å²) in [4.78, 5) is 23.5. The highest BCUT2D eigenvalue weighted by atomic mass is 32.2. The minimum Gasteiger partial charge on any atom is -0.462 e. The first kappa shape index (κ1) is 21.0. The van der Waals surface area contributed by atoms with Crippen LogP contribution in [-0.2, 0) is 19.6 Å². The summed E-state index contributed by atoms with van der Waals surface area (Å²) in [5.74, 6) is -0.615. The van der Waals surface area contributed by atoms with E-state index in [0.29, 0.717) is 11.3 Å². The minimum atomic E-state index is -3.53. The maximum atomic E-state index is 12.0. The van der Waals surface area contributed by atoms with Gasteiger partial charge in [0.1, 0.15) is 0 Å². The molecule has 0 heterocycles. The van der Waals surface area contributed by atoms with Gasteiger partial charge in [-0.25, -0.2) is 13.2 Å². The molecule has 0 saturated heterocycles. The molecule has 0 spiro atoms. The summed E-state index contributed by atoms with van der Waals surface area (Å²) in [5.41, 5.74) is 0.220. The second kappa shape index (κ2) is 8.33. The van der Waals surface area contributed by atoms with Crippen LogP contribution in [0.2, 0.25) is 0 Å². The standard InChI is InChI=1S/C17H26N2O5S/c1-6-24-15(20)13-7-9-14(10-8-13)19(25(5,22)23)12-11-18-16(21)17(2,3)4/h7-10H,6,11-12H2,1-5H3,(H,18,21). The zero-order valence-electron chi connectivity index (χ0n) is 15.3. The predicted octanol–water partition coefficient (Wildman–Crippen LogP) is 1.79. The van der Waals surface area contributed by atoms with Crippen molar-refractivity contribution in [1.82, 2.24) is 5.32 Å². The van der Waals surface area contributed by atoms with E-state index in [1.54, 1.807) is 39.8 Å². The SMILES string of the molecule is CCOC(=O)c1ccc(N(CCNC(=O)C(C)(C)C)S(C)(=O)=O)cc1. The molecule has 0 aliphatic rings. The van der Waals surface area contributed by atoms with Crippen molar-refractivity contribution in [2.24, 2.45) is 5.41 Å². The molecule has 0 fully saturated rings. The normalized spacial score (nSPS) is 11.7. The van der Waals surface area contributed by atoms with Crippen molar-refractivity contribution in [1.29, 1.82) is 0 Å². The second-order valence-corrected chi connectivity index (χ2v) is 8.52. The highest BCUT2D eigenvalue weighted by molar-refractivity contribution is 7.92. The molecule has 0 bridgehead atoms. The lowest BCUT2D eigenvalue weighted by atomic mass is 9.96. The monoisotopic (exact) mass is 370 g/mol. The maximum Gasteiger partial charge on any atom is 0.338 e. The molecular formula is C17H26N2O5S. The summed E-state index contributed by atoms with van der Waals surface area (Å²) < 4.78 is 30.2. The van der Waals surface area contributed by atoms with Gasteiger partial charge in [0.05, 0.1) is 30.7 Å². The minimum absolute atomic E-state index is 0.0966. The Hall–Kier alpha value is -2.09. The lowest BCUT2D eigenvalue weighted by molar-refractivity contribution is -0.128. The molecule has 7 nitrogen and oxygen atoms in total. The molecule has 0 radical (unpaired) electrons. The number of rotatable bonds is 7. The molecule has 8 heteroatoms. The number of anilines is 1. The summed E-state index contributed by atoms with van der Waals surface area (Å²) in [5, 5.41) is 2.72. The highest BCUT2D eigenvalue weighted by Gasteiger charge is 2.22. The Morgan fingerprint density at radius 1 is 1.16 bits per heavy atom. The zero-order valence-corrected chi connectivity index (χ0v) is 16.1. The lowest BCUT2D eigenvalue weighted by Crippen LogP contribution is -2.41. The van der Waals surface area contributed by atoms with E-state index in [2.05, 4.69) is 5.32 Å². The van der Waals surface area contributed by atoms with Crippen LogP contribution in [0.4, 0.5) is 5.69 Å². The van der Waals surface area contributed by atoms with E-state index in [1.165, 1.54) is 16.4 Å². The number of amides is 1. The molecule has 1 N–H and O–H groups in total. The Morgan fingerprint density at radius 3 is 2.16 bits per heavy atom. The molecular weight excluding hydrogens is 344 g/mol. The summed E-state index contributed by atoms with van der Waals surface area (Å²) in [6.07, 6.45) is 1.10. The molecule has 0 unspecified atom stereocenters. The van der Waals surface area contributed by atoms with Crippen LogP contribution in [0, 0.1) is 5.41 Å². The van der Waals surface area contributed by atoms with Crippen molar-refractivity contribution in [3.63, 3.8) is 0 Å². The topological polar surface area (TPSA) is 92.8 Å². The summed E-state index contributed by atoms with van der Waals surface area (Å²) >= 11 is 0. The van der Waals surface area contributed by atoms with E-state index in [-0.39, 0.29) is 25.6 Å². The smallest absolute Gasteiger partial charge is 0.338 e. The number of benzene rings is 1. The van der Waals surface area contributed by atoms with E-state index < -0.39 is 21.4 Å². The van der Waals surface area contributed by atoms with Crippen LogP contribution >= 0.6 is 0 Å². The van der Waals surface area contributed by atoms with Crippen LogP contribution < -0.4 is 9.62 Å². The third-order valence-corrected chi connectivity index (χ3v) is 4.54. The number of nitrogens with one attached hydrogen (secondary N) is 1. The van der Waals surface area contributed by atoms with Crippen molar-refractivity contribution in [2.75, 3.05) is 30.3 Å². The molecule has 0 saturated carbocycles. The highest BCUT2D eigenvalue weighted by Crippen LogP contribution is 2.19. The number of ether oxygens (including phenoxy) is 1. The number of sulfonamides is 1. The Labute approximate surface area is 149 Å². The van der Waals surface area contributed by atoms with Gasteiger partial charge in [0.2, 0.25) is 15.9 Å². The number of hydrogen-bond donors (Lipinski definition) is 1. The molecule has 1 rings (SSSR count). The quantitative estimate of drug-likeness (QED) is 0.739. The number of nitrogens with zero attached hydrogens (tertiary/aromatic N) is 1. The number of esters is 1. The van der Waals surface area contributed by atoms with E-state index in [1.807, 2.05) is 0 Å². The molecule has 1 aromatic rings. The number of carbonyl (C=O) groups excluding carboxylic acids is 2. The van der Waals surface area contributed by atoms with Crippen molar-refractivity contribution >= 4 is 27.6 Å². The van der Waals surface area contributed by atoms with E-state index >= 15 is 0 Å². The summed E-state index contributed by atoms with van der Waals surface area (Å²) in [7, 11) is -3.53. The van der Waals surface area contributed by atoms with Gasteiger partial charge in [0.15, 0.2) is 0 Å². The molecule has 140 valence electrons. The fraction of sp³-hybridized carbons (Fsp3) is 0.529. The van der Waals surface area contributed by atoms with Gasteiger partial charge in [0, 0.05) is 12.0 Å². The molecule has 0 aromatic heterocycles. The van der Waals surface area contributed by atoms with Crippen LogP contribution in [0.3, 0.4) is 0 Å². The van der Waals surface area contributed by atoms with Gasteiger partial charge in [-0.3, -0.25) is 9.10 Å². The van der Waals surface area contributed by atoms with Crippen LogP contribution in [0.25, 0.3) is 0 Å². The second-order valence-electron chi connectivity index (χ2n) is 6.61. The largest absolute Gasteiger partial charge is 0.462 e. The summed E-state index contributed by atoms with van der Waals surface area (Å²) in [6.45, 7) is 7.61. The Bertz CT molecular complexity index is 706. The van der Waals surface area contributed by atoms with Crippen molar-refractivity contribution in [3.8, 4) is 0 Å². The lowest BCUT2D eigenvalue weighted by Gasteiger charge is -2.24. The summed E-state index contributed by atoms with van der Waals surface area (Å²) in [6, 6.07) is 6.11. The van der Waals surface area contributed by atoms with E-state index in [4.69, 9.17) is 4.74 Å². The Kier molecular flexibility index (Phi) is 6.98. The fourth-order valence-corrected chi connectivity index (χ4v) is 2.93. The van der Waals surface area contributed by atoms with E-state index in [9.17, 15) is 18.0 Å². The zero-order chi connectivity index (χ0) is 19.3. The predicted molar refractivity (Wildman–Crippen MR) is 97.1 cm³/mol. The molecule has 0 aliphatic carbocycles. The van der Waals surface area contributed by atoms with E-state index in [0.717, 1.165) is 6.26 Å².